The summed E-state index contributed by atoms with van der Waals surface area (Å²) in [6.07, 6.45) is 3.72. The molecule has 0 saturated carbocycles. The number of hydrogen-bond donors (Lipinski definition) is 0. The van der Waals surface area contributed by atoms with E-state index in [-0.39, 0.29) is 6.04 Å². The molecule has 6 heteroatoms. The molecule has 1 unspecified atom stereocenters. The van der Waals surface area contributed by atoms with Crippen LogP contribution in [0.15, 0.2) is 59.6 Å². The van der Waals surface area contributed by atoms with Gasteiger partial charge in [-0.15, -0.1) is 10.2 Å². The van der Waals surface area contributed by atoms with E-state index < -0.39 is 0 Å². The van der Waals surface area contributed by atoms with Gasteiger partial charge < -0.3 is 4.90 Å². The zero-order valence-electron chi connectivity index (χ0n) is 17.0. The lowest BCUT2D eigenvalue weighted by Gasteiger charge is -2.35. The third-order valence-electron chi connectivity index (χ3n) is 5.78. The average Bonchev–Trinajstić information content (AvgIpc) is 3.13. The van der Waals surface area contributed by atoms with Crippen LogP contribution < -0.4 is 0 Å². The van der Waals surface area contributed by atoms with Gasteiger partial charge in [0, 0.05) is 19.7 Å². The number of fused-ring (bicyclic) bond motifs is 3. The zero-order chi connectivity index (χ0) is 19.8. The summed E-state index contributed by atoms with van der Waals surface area (Å²) in [5, 5.41) is 9.41. The minimum absolute atomic E-state index is 0.0114. The first-order valence-corrected chi connectivity index (χ1v) is 10.3. The van der Waals surface area contributed by atoms with E-state index >= 15 is 0 Å². The molecule has 2 aliphatic rings. The molecule has 0 radical (unpaired) electrons. The van der Waals surface area contributed by atoms with Crippen molar-refractivity contribution in [2.24, 2.45) is 4.99 Å². The highest BCUT2D eigenvalue weighted by atomic mass is 15.4. The normalized spacial score (nSPS) is 19.1. The van der Waals surface area contributed by atoms with Crippen LogP contribution in [0.4, 0.5) is 5.69 Å². The van der Waals surface area contributed by atoms with Gasteiger partial charge in [0.05, 0.1) is 11.4 Å². The summed E-state index contributed by atoms with van der Waals surface area (Å²) < 4.78 is 2.21. The van der Waals surface area contributed by atoms with Gasteiger partial charge in [-0.3, -0.25) is 9.47 Å². The summed E-state index contributed by atoms with van der Waals surface area (Å²) in [5.41, 5.74) is 3.05. The van der Waals surface area contributed by atoms with E-state index in [1.54, 1.807) is 0 Å². The van der Waals surface area contributed by atoms with Gasteiger partial charge in [-0.25, -0.2) is 4.99 Å². The van der Waals surface area contributed by atoms with Crippen molar-refractivity contribution in [2.45, 2.75) is 25.3 Å². The van der Waals surface area contributed by atoms with E-state index in [9.17, 15) is 0 Å². The smallest absolute Gasteiger partial charge is 0.168 e. The molecule has 0 aliphatic carbocycles. The molecule has 1 fully saturated rings. The van der Waals surface area contributed by atoms with Crippen molar-refractivity contribution >= 4 is 11.5 Å². The number of para-hydroxylation sites is 2. The lowest BCUT2D eigenvalue weighted by Crippen LogP contribution is -2.43. The van der Waals surface area contributed by atoms with Gasteiger partial charge in [0.2, 0.25) is 0 Å². The van der Waals surface area contributed by atoms with Crippen molar-refractivity contribution in [1.82, 2.24) is 24.6 Å². The highest BCUT2D eigenvalue weighted by molar-refractivity contribution is 5.92. The van der Waals surface area contributed by atoms with Crippen LogP contribution in [0.25, 0.3) is 17.1 Å². The van der Waals surface area contributed by atoms with Crippen LogP contribution in [0.1, 0.15) is 31.1 Å². The Labute approximate surface area is 171 Å². The predicted octanol–water partition coefficient (Wildman–Crippen LogP) is 4.07. The van der Waals surface area contributed by atoms with E-state index in [4.69, 9.17) is 10.1 Å². The summed E-state index contributed by atoms with van der Waals surface area (Å²) in [4.78, 5) is 9.77. The second-order valence-corrected chi connectivity index (χ2v) is 7.94. The van der Waals surface area contributed by atoms with Crippen molar-refractivity contribution < 1.29 is 0 Å². The molecule has 29 heavy (non-hydrogen) atoms. The Morgan fingerprint density at radius 3 is 2.34 bits per heavy atom. The largest absolute Gasteiger partial charge is 0.364 e. The second-order valence-electron chi connectivity index (χ2n) is 7.94. The van der Waals surface area contributed by atoms with Crippen molar-refractivity contribution in [3.05, 3.63) is 60.4 Å². The van der Waals surface area contributed by atoms with Gasteiger partial charge in [0.25, 0.3) is 0 Å². The maximum Gasteiger partial charge on any atom is 0.168 e. The molecule has 0 bridgehead atoms. The molecule has 0 spiro atoms. The summed E-state index contributed by atoms with van der Waals surface area (Å²) in [6.45, 7) is 2.11. The number of likely N-dealkylation sites (N-methyl/N-ethyl adjacent to an activating group) is 1. The SMILES string of the molecule is CN(C)C1=Nc2ccccc2-n2c(-c3ccccc3)nnc2C1N1CCCCC1. The number of likely N-dealkylation sites (tertiary alicyclic amines) is 1. The Hall–Kier alpha value is -2.99. The lowest BCUT2D eigenvalue weighted by atomic mass is 10.1. The van der Waals surface area contributed by atoms with Gasteiger partial charge in [0.15, 0.2) is 11.6 Å². The molecule has 3 heterocycles. The first-order valence-electron chi connectivity index (χ1n) is 10.3. The Morgan fingerprint density at radius 2 is 1.59 bits per heavy atom. The number of rotatable bonds is 2. The molecule has 2 aromatic carbocycles. The Morgan fingerprint density at radius 1 is 0.862 bits per heavy atom. The van der Waals surface area contributed by atoms with Gasteiger partial charge in [-0.1, -0.05) is 48.9 Å². The van der Waals surface area contributed by atoms with Crippen molar-refractivity contribution in [3.8, 4) is 17.1 Å². The molecule has 3 aromatic rings. The van der Waals surface area contributed by atoms with Crippen molar-refractivity contribution in [3.63, 3.8) is 0 Å². The van der Waals surface area contributed by atoms with E-state index in [2.05, 4.69) is 63.9 Å². The fourth-order valence-electron chi connectivity index (χ4n) is 4.38. The molecule has 5 rings (SSSR count). The maximum atomic E-state index is 5.13. The summed E-state index contributed by atoms with van der Waals surface area (Å²) >= 11 is 0. The third kappa shape index (κ3) is 3.13. The van der Waals surface area contributed by atoms with Crippen LogP contribution in [0.3, 0.4) is 0 Å². The van der Waals surface area contributed by atoms with Crippen LogP contribution in [0, 0.1) is 0 Å². The van der Waals surface area contributed by atoms with Gasteiger partial charge >= 0.3 is 0 Å². The summed E-state index contributed by atoms with van der Waals surface area (Å²) in [6, 6.07) is 18.6. The molecule has 0 N–H and O–H groups in total. The maximum absolute atomic E-state index is 5.13. The van der Waals surface area contributed by atoms with Crippen LogP contribution in [-0.2, 0) is 0 Å². The topological polar surface area (TPSA) is 49.6 Å². The molecular formula is C23H26N6. The molecular weight excluding hydrogens is 360 g/mol. The zero-order valence-corrected chi connectivity index (χ0v) is 17.0. The average molecular weight is 387 g/mol. The van der Waals surface area contributed by atoms with E-state index in [0.29, 0.717) is 0 Å². The number of aliphatic imine (C=N–C) groups is 1. The quantitative estimate of drug-likeness (QED) is 0.666. The highest BCUT2D eigenvalue weighted by Gasteiger charge is 2.36. The Bertz CT molecular complexity index is 1030. The molecule has 0 amide bonds. The lowest BCUT2D eigenvalue weighted by molar-refractivity contribution is 0.189. The summed E-state index contributed by atoms with van der Waals surface area (Å²) in [7, 11) is 4.14. The monoisotopic (exact) mass is 386 g/mol. The second kappa shape index (κ2) is 7.44. The van der Waals surface area contributed by atoms with Crippen LogP contribution in [-0.4, -0.2) is 57.6 Å². The number of aromatic nitrogens is 3. The standard InChI is InChI=1S/C23H26N6/c1-27(2)22-20(28-15-9-4-10-16-28)23-26-25-21(17-11-5-3-6-12-17)29(23)19-14-8-7-13-18(19)24-22/h3,5-8,11-14,20H,4,9-10,15-16H2,1-2H3. The minimum atomic E-state index is -0.0114. The van der Waals surface area contributed by atoms with Crippen LogP contribution in [0.5, 0.6) is 0 Å². The number of nitrogens with zero attached hydrogens (tertiary/aromatic N) is 6. The Balaban J connectivity index is 1.77. The molecule has 1 saturated heterocycles. The van der Waals surface area contributed by atoms with E-state index in [1.807, 2.05) is 24.3 Å². The molecule has 1 atom stereocenters. The predicted molar refractivity (Wildman–Crippen MR) is 116 cm³/mol. The minimum Gasteiger partial charge on any atom is -0.364 e. The fraction of sp³-hybridized carbons (Fsp3) is 0.348. The molecule has 148 valence electrons. The van der Waals surface area contributed by atoms with Gasteiger partial charge in [-0.2, -0.15) is 0 Å². The van der Waals surface area contributed by atoms with Crippen LogP contribution in [0.2, 0.25) is 0 Å². The fourth-order valence-corrected chi connectivity index (χ4v) is 4.38. The van der Waals surface area contributed by atoms with E-state index in [0.717, 1.165) is 47.5 Å². The van der Waals surface area contributed by atoms with E-state index in [1.165, 1.54) is 19.3 Å². The van der Waals surface area contributed by atoms with Gasteiger partial charge in [0.1, 0.15) is 11.9 Å². The van der Waals surface area contributed by atoms with Crippen molar-refractivity contribution in [2.75, 3.05) is 27.2 Å². The molecule has 6 nitrogen and oxygen atoms in total. The van der Waals surface area contributed by atoms with Crippen LogP contribution >= 0.6 is 0 Å². The first kappa shape index (κ1) is 18.1. The number of hydrogen-bond acceptors (Lipinski definition) is 5. The third-order valence-corrected chi connectivity index (χ3v) is 5.78. The van der Waals surface area contributed by atoms with Crippen molar-refractivity contribution in [1.29, 1.82) is 0 Å². The Kier molecular flexibility index (Phi) is 4.64. The number of amidine groups is 1. The molecule has 2 aliphatic heterocycles. The highest BCUT2D eigenvalue weighted by Crippen LogP contribution is 2.38. The molecule has 1 aromatic heterocycles. The number of benzene rings is 2. The first-order chi connectivity index (χ1) is 14.2. The van der Waals surface area contributed by atoms with Gasteiger partial charge in [-0.05, 0) is 38.1 Å². The number of piperidine rings is 1. The summed E-state index contributed by atoms with van der Waals surface area (Å²) in [5.74, 6) is 2.83.